The number of benzene rings is 3. The van der Waals surface area contributed by atoms with E-state index in [1.54, 1.807) is 11.3 Å². The predicted molar refractivity (Wildman–Crippen MR) is 129 cm³/mol. The molecule has 6 rings (SSSR count). The van der Waals surface area contributed by atoms with E-state index in [0.717, 1.165) is 33.2 Å². The second kappa shape index (κ2) is 6.16. The molecule has 0 aliphatic rings. The summed E-state index contributed by atoms with van der Waals surface area (Å²) in [6.45, 7) is 6.79. The van der Waals surface area contributed by atoms with E-state index < -0.39 is 0 Å². The van der Waals surface area contributed by atoms with Crippen molar-refractivity contribution in [3.05, 3.63) is 77.8 Å². The van der Waals surface area contributed by atoms with Crippen molar-refractivity contribution >= 4 is 54.1 Å². The lowest BCUT2D eigenvalue weighted by Crippen LogP contribution is -2.12. The summed E-state index contributed by atoms with van der Waals surface area (Å²) in [6, 6.07) is 21.7. The SMILES string of the molecule is CC(C)(C)c1cc(-c2nccc3c2oc2c4ccsc4ccc32)cc2ccccc12. The third-order valence-corrected chi connectivity index (χ3v) is 6.81. The number of thiophene rings is 1. The third-order valence-electron chi connectivity index (χ3n) is 5.93. The fourth-order valence-electron chi connectivity index (χ4n) is 4.48. The third kappa shape index (κ3) is 2.52. The summed E-state index contributed by atoms with van der Waals surface area (Å²) in [5.74, 6) is 0. The van der Waals surface area contributed by atoms with Crippen LogP contribution in [0.5, 0.6) is 0 Å². The van der Waals surface area contributed by atoms with Gasteiger partial charge in [0.2, 0.25) is 0 Å². The molecule has 3 heterocycles. The molecule has 146 valence electrons. The first kappa shape index (κ1) is 17.7. The molecule has 3 aromatic heterocycles. The van der Waals surface area contributed by atoms with Crippen molar-refractivity contribution in [2.24, 2.45) is 0 Å². The van der Waals surface area contributed by atoms with E-state index >= 15 is 0 Å². The molecule has 0 spiro atoms. The molecular formula is C27H21NOS. The normalized spacial score (nSPS) is 12.5. The van der Waals surface area contributed by atoms with E-state index in [1.807, 2.05) is 6.20 Å². The minimum Gasteiger partial charge on any atom is -0.453 e. The van der Waals surface area contributed by atoms with Gasteiger partial charge in [0.05, 0.1) is 0 Å². The minimum atomic E-state index is 0.0280. The maximum Gasteiger partial charge on any atom is 0.161 e. The highest BCUT2D eigenvalue weighted by molar-refractivity contribution is 7.17. The fourth-order valence-corrected chi connectivity index (χ4v) is 5.26. The van der Waals surface area contributed by atoms with Crippen molar-refractivity contribution in [1.29, 1.82) is 0 Å². The summed E-state index contributed by atoms with van der Waals surface area (Å²) in [6.07, 6.45) is 1.90. The first-order valence-corrected chi connectivity index (χ1v) is 11.1. The number of fused-ring (bicyclic) bond motifs is 6. The Balaban J connectivity index is 1.71. The number of nitrogens with zero attached hydrogens (tertiary/aromatic N) is 1. The molecule has 0 aliphatic carbocycles. The summed E-state index contributed by atoms with van der Waals surface area (Å²) in [4.78, 5) is 4.78. The fraction of sp³-hybridized carbons (Fsp3) is 0.148. The molecule has 2 nitrogen and oxygen atoms in total. The van der Waals surface area contributed by atoms with E-state index in [9.17, 15) is 0 Å². The van der Waals surface area contributed by atoms with Crippen LogP contribution in [0, 0.1) is 0 Å². The maximum absolute atomic E-state index is 6.49. The van der Waals surface area contributed by atoms with E-state index in [1.165, 1.54) is 26.4 Å². The van der Waals surface area contributed by atoms with Crippen LogP contribution in [0.3, 0.4) is 0 Å². The van der Waals surface area contributed by atoms with Crippen molar-refractivity contribution in [3.63, 3.8) is 0 Å². The zero-order valence-corrected chi connectivity index (χ0v) is 18.0. The Morgan fingerprint density at radius 2 is 1.63 bits per heavy atom. The second-order valence-corrected chi connectivity index (χ2v) is 9.86. The molecule has 30 heavy (non-hydrogen) atoms. The zero-order chi connectivity index (χ0) is 20.5. The van der Waals surface area contributed by atoms with Gasteiger partial charge < -0.3 is 4.42 Å². The van der Waals surface area contributed by atoms with Gasteiger partial charge in [-0.2, -0.15) is 0 Å². The van der Waals surface area contributed by atoms with Crippen LogP contribution in [0.25, 0.3) is 54.1 Å². The van der Waals surface area contributed by atoms with Crippen molar-refractivity contribution in [2.75, 3.05) is 0 Å². The highest BCUT2D eigenvalue weighted by Gasteiger charge is 2.21. The molecule has 0 N–H and O–H groups in total. The molecule has 6 aromatic rings. The lowest BCUT2D eigenvalue weighted by Gasteiger charge is -2.22. The Bertz CT molecular complexity index is 1580. The zero-order valence-electron chi connectivity index (χ0n) is 17.2. The summed E-state index contributed by atoms with van der Waals surface area (Å²) < 4.78 is 7.74. The minimum absolute atomic E-state index is 0.0280. The average Bonchev–Trinajstić information content (AvgIpc) is 3.36. The van der Waals surface area contributed by atoms with Crippen LogP contribution < -0.4 is 0 Å². The largest absolute Gasteiger partial charge is 0.453 e. The van der Waals surface area contributed by atoms with Crippen molar-refractivity contribution in [3.8, 4) is 11.3 Å². The number of hydrogen-bond acceptors (Lipinski definition) is 3. The van der Waals surface area contributed by atoms with E-state index in [2.05, 4.69) is 86.8 Å². The molecule has 0 atom stereocenters. The van der Waals surface area contributed by atoms with Gasteiger partial charge in [0.1, 0.15) is 11.3 Å². The van der Waals surface area contributed by atoms with E-state index in [-0.39, 0.29) is 5.41 Å². The van der Waals surface area contributed by atoms with Crippen LogP contribution in [0.2, 0.25) is 0 Å². The van der Waals surface area contributed by atoms with Gasteiger partial charge in [-0.3, -0.25) is 4.98 Å². The van der Waals surface area contributed by atoms with Gasteiger partial charge in [-0.25, -0.2) is 0 Å². The smallest absolute Gasteiger partial charge is 0.161 e. The molecule has 3 heteroatoms. The van der Waals surface area contributed by atoms with Crippen LogP contribution in [0.15, 0.2) is 76.7 Å². The van der Waals surface area contributed by atoms with Crippen molar-refractivity contribution in [2.45, 2.75) is 26.2 Å². The molecule has 0 amide bonds. The lowest BCUT2D eigenvalue weighted by atomic mass is 9.82. The Labute approximate surface area is 178 Å². The Hall–Kier alpha value is -3.17. The van der Waals surface area contributed by atoms with Crippen LogP contribution in [-0.4, -0.2) is 4.98 Å². The monoisotopic (exact) mass is 407 g/mol. The van der Waals surface area contributed by atoms with E-state index in [4.69, 9.17) is 9.40 Å². The van der Waals surface area contributed by atoms with Crippen LogP contribution in [0.4, 0.5) is 0 Å². The van der Waals surface area contributed by atoms with Crippen molar-refractivity contribution in [1.82, 2.24) is 4.98 Å². The summed E-state index contributed by atoms with van der Waals surface area (Å²) in [5, 5.41) is 8.09. The first-order chi connectivity index (χ1) is 14.5. The molecule has 0 bridgehead atoms. The average molecular weight is 408 g/mol. The van der Waals surface area contributed by atoms with Gasteiger partial charge in [0.15, 0.2) is 5.58 Å². The van der Waals surface area contributed by atoms with Crippen LogP contribution in [0.1, 0.15) is 26.3 Å². The Kier molecular flexibility index (Phi) is 3.63. The standard InChI is InChI=1S/C27H21NOS/c1-27(2,3)22-15-17(14-16-6-4-5-7-18(16)22)24-26-20(10-12-28-24)19-8-9-23-21(11-13-30-23)25(19)29-26/h4-15H,1-3H3. The Morgan fingerprint density at radius 3 is 2.50 bits per heavy atom. The van der Waals surface area contributed by atoms with Crippen LogP contribution >= 0.6 is 11.3 Å². The summed E-state index contributed by atoms with van der Waals surface area (Å²) in [7, 11) is 0. The number of furan rings is 1. The molecule has 0 aliphatic heterocycles. The van der Waals surface area contributed by atoms with Crippen LogP contribution in [-0.2, 0) is 5.41 Å². The first-order valence-electron chi connectivity index (χ1n) is 10.2. The molecular weight excluding hydrogens is 386 g/mol. The van der Waals surface area contributed by atoms with Crippen molar-refractivity contribution < 1.29 is 4.42 Å². The van der Waals surface area contributed by atoms with Gasteiger partial charge in [0, 0.05) is 32.6 Å². The Morgan fingerprint density at radius 1 is 0.800 bits per heavy atom. The van der Waals surface area contributed by atoms with Gasteiger partial charge >= 0.3 is 0 Å². The number of pyridine rings is 1. The van der Waals surface area contributed by atoms with Gasteiger partial charge in [-0.1, -0.05) is 45.0 Å². The molecule has 3 aromatic carbocycles. The molecule has 0 fully saturated rings. The van der Waals surface area contributed by atoms with Gasteiger partial charge in [0.25, 0.3) is 0 Å². The lowest BCUT2D eigenvalue weighted by molar-refractivity contribution is 0.596. The maximum atomic E-state index is 6.49. The summed E-state index contributed by atoms with van der Waals surface area (Å²) in [5.41, 5.74) is 5.18. The van der Waals surface area contributed by atoms with Gasteiger partial charge in [-0.15, -0.1) is 11.3 Å². The second-order valence-electron chi connectivity index (χ2n) is 8.91. The molecule has 0 saturated carbocycles. The molecule has 0 radical (unpaired) electrons. The van der Waals surface area contributed by atoms with E-state index in [0.29, 0.717) is 0 Å². The number of hydrogen-bond donors (Lipinski definition) is 0. The van der Waals surface area contributed by atoms with Gasteiger partial charge in [-0.05, 0) is 63.5 Å². The predicted octanol–water partition coefficient (Wildman–Crippen LogP) is 8.31. The topological polar surface area (TPSA) is 26.0 Å². The molecule has 0 saturated heterocycles. The highest BCUT2D eigenvalue weighted by Crippen LogP contribution is 2.41. The number of aromatic nitrogens is 1. The molecule has 0 unspecified atom stereocenters. The highest BCUT2D eigenvalue weighted by atomic mass is 32.1. The quantitative estimate of drug-likeness (QED) is 0.274. The summed E-state index contributed by atoms with van der Waals surface area (Å²) >= 11 is 1.74. The number of rotatable bonds is 1.